The number of para-hydroxylation sites is 2. The smallest absolute Gasteiger partial charge is 0.255 e. The van der Waals surface area contributed by atoms with Crippen molar-refractivity contribution < 1.29 is 14.3 Å². The fraction of sp³-hybridized carbons (Fsp3) is 0.333. The molecule has 0 bridgehead atoms. The Kier molecular flexibility index (Phi) is 6.82. The van der Waals surface area contributed by atoms with Gasteiger partial charge in [-0.2, -0.15) is 0 Å². The van der Waals surface area contributed by atoms with E-state index in [-0.39, 0.29) is 17.7 Å². The van der Waals surface area contributed by atoms with Crippen LogP contribution in [0.4, 0.5) is 0 Å². The van der Waals surface area contributed by atoms with Gasteiger partial charge < -0.3 is 19.9 Å². The summed E-state index contributed by atoms with van der Waals surface area (Å²) in [7, 11) is 0. The van der Waals surface area contributed by atoms with Crippen LogP contribution in [0.5, 0.6) is 5.75 Å². The number of nitrogens with one attached hydrogen (secondary N) is 2. The number of benzene rings is 2. The average molecular weight is 446 g/mol. The molecule has 1 aromatic heterocycles. The number of hydrogen-bond acceptors (Lipinski definition) is 3. The van der Waals surface area contributed by atoms with Crippen molar-refractivity contribution in [3.8, 4) is 5.75 Å². The molecule has 6 heteroatoms. The van der Waals surface area contributed by atoms with Crippen molar-refractivity contribution in [3.63, 3.8) is 0 Å². The summed E-state index contributed by atoms with van der Waals surface area (Å²) in [6.07, 6.45) is 4.95. The summed E-state index contributed by atoms with van der Waals surface area (Å²) in [5.74, 6) is 0.135. The quantitative estimate of drug-likeness (QED) is 0.557. The van der Waals surface area contributed by atoms with Gasteiger partial charge in [0, 0.05) is 35.8 Å². The molecule has 3 aromatic rings. The summed E-state index contributed by atoms with van der Waals surface area (Å²) in [5, 5.41) is 4.15. The molecule has 33 heavy (non-hydrogen) atoms. The van der Waals surface area contributed by atoms with Gasteiger partial charge in [-0.1, -0.05) is 50.3 Å². The minimum absolute atomic E-state index is 0.0419. The van der Waals surface area contributed by atoms with Gasteiger partial charge in [0.05, 0.1) is 12.2 Å². The molecule has 1 unspecified atom stereocenters. The van der Waals surface area contributed by atoms with Gasteiger partial charge in [-0.05, 0) is 43.0 Å². The third-order valence-electron chi connectivity index (χ3n) is 6.11. The van der Waals surface area contributed by atoms with Crippen LogP contribution in [0.25, 0.3) is 16.5 Å². The maximum atomic E-state index is 13.4. The predicted octanol–water partition coefficient (Wildman–Crippen LogP) is 4.64. The second-order valence-corrected chi connectivity index (χ2v) is 8.64. The van der Waals surface area contributed by atoms with Crippen molar-refractivity contribution >= 4 is 28.3 Å². The first kappa shape index (κ1) is 22.6. The number of aromatic nitrogens is 1. The Morgan fingerprint density at radius 3 is 2.61 bits per heavy atom. The van der Waals surface area contributed by atoms with Crippen molar-refractivity contribution in [1.29, 1.82) is 0 Å². The van der Waals surface area contributed by atoms with E-state index in [1.807, 2.05) is 50.1 Å². The zero-order chi connectivity index (χ0) is 23.4. The molecule has 2 N–H and O–H groups in total. The zero-order valence-corrected chi connectivity index (χ0v) is 19.4. The second-order valence-electron chi connectivity index (χ2n) is 8.64. The van der Waals surface area contributed by atoms with Crippen molar-refractivity contribution in [1.82, 2.24) is 15.2 Å². The number of hydrogen-bond donors (Lipinski definition) is 2. The van der Waals surface area contributed by atoms with Gasteiger partial charge in [-0.3, -0.25) is 9.59 Å². The van der Waals surface area contributed by atoms with Crippen LogP contribution < -0.4 is 10.1 Å². The third-order valence-corrected chi connectivity index (χ3v) is 6.11. The van der Waals surface area contributed by atoms with Gasteiger partial charge in [0.1, 0.15) is 11.8 Å². The molecule has 2 heterocycles. The van der Waals surface area contributed by atoms with Crippen LogP contribution >= 0.6 is 0 Å². The summed E-state index contributed by atoms with van der Waals surface area (Å²) in [5.41, 5.74) is 3.99. The molecule has 0 spiro atoms. The van der Waals surface area contributed by atoms with Crippen LogP contribution in [-0.2, 0) is 4.79 Å². The van der Waals surface area contributed by atoms with E-state index in [0.29, 0.717) is 31.0 Å². The molecule has 1 aliphatic rings. The minimum atomic E-state index is -0.602. The maximum absolute atomic E-state index is 13.4. The van der Waals surface area contributed by atoms with Crippen LogP contribution in [0.1, 0.15) is 43.1 Å². The van der Waals surface area contributed by atoms with Gasteiger partial charge in [0.25, 0.3) is 5.91 Å². The first-order valence-electron chi connectivity index (χ1n) is 11.6. The molecular formula is C27H31N3O3. The van der Waals surface area contributed by atoms with Gasteiger partial charge in [0.15, 0.2) is 0 Å². The highest BCUT2D eigenvalue weighted by atomic mass is 16.5. The number of aromatic amines is 1. The first-order valence-corrected chi connectivity index (χ1v) is 11.6. The number of rotatable bonds is 7. The predicted molar refractivity (Wildman–Crippen MR) is 131 cm³/mol. The van der Waals surface area contributed by atoms with E-state index in [1.54, 1.807) is 18.2 Å². The maximum Gasteiger partial charge on any atom is 0.255 e. The summed E-state index contributed by atoms with van der Waals surface area (Å²) in [4.78, 5) is 31.5. The summed E-state index contributed by atoms with van der Waals surface area (Å²) in [6.45, 7) is 7.41. The fourth-order valence-corrected chi connectivity index (χ4v) is 4.32. The molecule has 2 amide bonds. The zero-order valence-electron chi connectivity index (χ0n) is 19.4. The van der Waals surface area contributed by atoms with E-state index >= 15 is 0 Å². The molecule has 0 fully saturated rings. The molecule has 0 radical (unpaired) electrons. The first-order chi connectivity index (χ1) is 16.0. The van der Waals surface area contributed by atoms with E-state index in [1.165, 1.54) is 16.5 Å². The Balaban J connectivity index is 1.47. The Morgan fingerprint density at radius 2 is 1.88 bits per heavy atom. The largest absolute Gasteiger partial charge is 0.493 e. The highest BCUT2D eigenvalue weighted by molar-refractivity contribution is 6.00. The Labute approximate surface area is 194 Å². The fourth-order valence-electron chi connectivity index (χ4n) is 4.32. The van der Waals surface area contributed by atoms with Gasteiger partial charge in [-0.15, -0.1) is 0 Å². The SMILES string of the molecule is CCOc1ccccc1C(=O)NC(C(=O)N1CC=C(c2c[nH]c3ccccc23)CC1)C(C)C. The molecule has 0 saturated heterocycles. The minimum Gasteiger partial charge on any atom is -0.493 e. The van der Waals surface area contributed by atoms with Gasteiger partial charge in [0.2, 0.25) is 5.91 Å². The lowest BCUT2D eigenvalue weighted by Crippen LogP contribution is -2.52. The normalized spacial score (nSPS) is 14.8. The standard InChI is InChI=1S/C27H31N3O3/c1-4-33-24-12-8-6-10-21(24)26(31)29-25(18(2)3)27(32)30-15-13-19(14-16-30)22-17-28-23-11-7-5-9-20(22)23/h5-13,17-18,25,28H,4,14-16H2,1-3H3,(H,29,31). The highest BCUT2D eigenvalue weighted by Gasteiger charge is 2.30. The highest BCUT2D eigenvalue weighted by Crippen LogP contribution is 2.29. The van der Waals surface area contributed by atoms with Crippen LogP contribution in [0.15, 0.2) is 60.8 Å². The number of amides is 2. The molecule has 172 valence electrons. The molecule has 0 saturated carbocycles. The van der Waals surface area contributed by atoms with Gasteiger partial charge >= 0.3 is 0 Å². The van der Waals surface area contributed by atoms with Crippen molar-refractivity contribution in [2.75, 3.05) is 19.7 Å². The molecule has 0 aliphatic carbocycles. The summed E-state index contributed by atoms with van der Waals surface area (Å²) in [6, 6.07) is 14.8. The number of ether oxygens (including phenoxy) is 1. The topological polar surface area (TPSA) is 74.4 Å². The molecule has 1 atom stereocenters. The Bertz CT molecular complexity index is 1180. The average Bonchev–Trinajstić information content (AvgIpc) is 3.27. The molecule has 6 nitrogen and oxygen atoms in total. The van der Waals surface area contributed by atoms with Crippen LogP contribution in [0, 0.1) is 5.92 Å². The Hall–Kier alpha value is -3.54. The summed E-state index contributed by atoms with van der Waals surface area (Å²) >= 11 is 0. The summed E-state index contributed by atoms with van der Waals surface area (Å²) < 4.78 is 5.59. The molecular weight excluding hydrogens is 414 g/mol. The molecule has 1 aliphatic heterocycles. The van der Waals surface area contributed by atoms with E-state index in [0.717, 1.165) is 11.9 Å². The Morgan fingerprint density at radius 1 is 1.12 bits per heavy atom. The van der Waals surface area contributed by atoms with Crippen molar-refractivity contribution in [2.45, 2.75) is 33.2 Å². The number of H-pyrrole nitrogens is 1. The molecule has 4 rings (SSSR count). The lowest BCUT2D eigenvalue weighted by atomic mass is 9.97. The van der Waals surface area contributed by atoms with E-state index in [9.17, 15) is 9.59 Å². The monoisotopic (exact) mass is 445 g/mol. The van der Waals surface area contributed by atoms with Crippen molar-refractivity contribution in [3.05, 3.63) is 71.9 Å². The number of fused-ring (bicyclic) bond motifs is 1. The van der Waals surface area contributed by atoms with E-state index < -0.39 is 6.04 Å². The van der Waals surface area contributed by atoms with Crippen LogP contribution in [0.3, 0.4) is 0 Å². The van der Waals surface area contributed by atoms with Crippen molar-refractivity contribution in [2.24, 2.45) is 5.92 Å². The van der Waals surface area contributed by atoms with Crippen LogP contribution in [-0.4, -0.2) is 47.4 Å². The second kappa shape index (κ2) is 9.94. The van der Waals surface area contributed by atoms with Gasteiger partial charge in [-0.25, -0.2) is 0 Å². The number of nitrogens with zero attached hydrogens (tertiary/aromatic N) is 1. The van der Waals surface area contributed by atoms with E-state index in [4.69, 9.17) is 4.74 Å². The van der Waals surface area contributed by atoms with E-state index in [2.05, 4.69) is 28.5 Å². The third kappa shape index (κ3) is 4.80. The lowest BCUT2D eigenvalue weighted by molar-refractivity contribution is -0.133. The molecule has 2 aromatic carbocycles. The lowest BCUT2D eigenvalue weighted by Gasteiger charge is -2.32. The number of carbonyl (C=O) groups excluding carboxylic acids is 2. The van der Waals surface area contributed by atoms with Crippen LogP contribution in [0.2, 0.25) is 0 Å². The number of carbonyl (C=O) groups is 2.